The van der Waals surface area contributed by atoms with Crippen LogP contribution in [0.25, 0.3) is 0 Å². The molecule has 0 spiro atoms. The molecule has 0 saturated heterocycles. The summed E-state index contributed by atoms with van der Waals surface area (Å²) in [5.41, 5.74) is 0. The molecule has 63 heavy (non-hydrogen) atoms. The van der Waals surface area contributed by atoms with Crippen LogP contribution in [-0.4, -0.2) is 26.4 Å². The molecule has 0 N–H and O–H groups in total. The Kier molecular flexibility index (Phi) is 56.4. The van der Waals surface area contributed by atoms with Crippen molar-refractivity contribution in [1.82, 2.24) is 0 Å². The molecule has 0 fully saturated rings. The van der Waals surface area contributed by atoms with Crippen molar-refractivity contribution in [3.05, 3.63) is 0 Å². The second kappa shape index (κ2) is 51.5. The maximum Gasteiger partial charge on any atom is 2.00 e. The molecule has 0 aliphatic rings. The van der Waals surface area contributed by atoms with Gasteiger partial charge in [0.15, 0.2) is 0 Å². The Balaban J connectivity index is -0.00000112. The van der Waals surface area contributed by atoms with Crippen molar-refractivity contribution in [2.45, 2.75) is 287 Å². The van der Waals surface area contributed by atoms with Crippen LogP contribution in [0, 0.1) is 23.7 Å². The minimum atomic E-state index is -3.27. The van der Waals surface area contributed by atoms with Gasteiger partial charge in [0.1, 0.15) is 13.4 Å². The summed E-state index contributed by atoms with van der Waals surface area (Å²) in [7, 11) is 0. The fourth-order valence-corrected chi connectivity index (χ4v) is 10.1. The van der Waals surface area contributed by atoms with E-state index in [1.165, 1.54) is 180 Å². The molecule has 0 atom stereocenters. The van der Waals surface area contributed by atoms with E-state index in [9.17, 15) is 9.79 Å². The van der Waals surface area contributed by atoms with E-state index in [1.54, 1.807) is 0 Å². The Hall–Kier alpha value is 1.68. The first-order chi connectivity index (χ1) is 29.7. The van der Waals surface area contributed by atoms with Crippen LogP contribution in [0.4, 0.5) is 0 Å². The standard InChI is InChI=1S/2C26H55O3PS.Zn/c2*1-25(2)21-17-13-9-5-7-11-15-19-23-28-30(27,31)29-24-20-16-12-8-6-10-14-18-22-26(3)4;/h2*25-26H,5-24H2,1-4H3,(H,27,31);/q;;+2/p-2. The van der Waals surface area contributed by atoms with Gasteiger partial charge in [0.05, 0.1) is 26.4 Å². The summed E-state index contributed by atoms with van der Waals surface area (Å²) in [6, 6.07) is 0. The van der Waals surface area contributed by atoms with Crippen LogP contribution in [-0.2, 0) is 61.2 Å². The van der Waals surface area contributed by atoms with Gasteiger partial charge in [-0.1, -0.05) is 284 Å². The van der Waals surface area contributed by atoms with Gasteiger partial charge in [0.25, 0.3) is 0 Å². The first-order valence-electron chi connectivity index (χ1n) is 26.9. The van der Waals surface area contributed by atoms with Crippen LogP contribution in [0.2, 0.25) is 0 Å². The topological polar surface area (TPSA) is 83.0 Å². The van der Waals surface area contributed by atoms with Crippen LogP contribution in [0.3, 0.4) is 0 Å². The number of hydrogen-bond acceptors (Lipinski definition) is 8. The van der Waals surface area contributed by atoms with E-state index >= 15 is 0 Å². The van der Waals surface area contributed by atoms with Gasteiger partial charge >= 0.3 is 19.5 Å². The molecule has 0 amide bonds. The molecule has 0 aliphatic heterocycles. The molecule has 0 saturated carbocycles. The molecule has 0 aromatic carbocycles. The van der Waals surface area contributed by atoms with Gasteiger partial charge in [0.2, 0.25) is 0 Å². The van der Waals surface area contributed by atoms with Crippen molar-refractivity contribution in [2.24, 2.45) is 23.7 Å². The second-order valence-corrected chi connectivity index (χ2v) is 25.8. The van der Waals surface area contributed by atoms with Crippen LogP contribution in [0.15, 0.2) is 0 Å². The van der Waals surface area contributed by atoms with Gasteiger partial charge in [-0.2, -0.15) is 0 Å². The summed E-state index contributed by atoms with van der Waals surface area (Å²) in [6.45, 7) is 13.7. The molecule has 376 valence electrons. The Morgan fingerprint density at radius 2 is 0.397 bits per heavy atom. The molecular formula is C52H108O6P2S2Zn. The predicted molar refractivity (Wildman–Crippen MR) is 278 cm³/mol. The average Bonchev–Trinajstić information content (AvgIpc) is 3.19. The summed E-state index contributed by atoms with van der Waals surface area (Å²) in [5.74, 6) is 3.35. The molecule has 0 unspecified atom stereocenters. The van der Waals surface area contributed by atoms with E-state index in [-0.39, 0.29) is 19.5 Å². The zero-order valence-electron chi connectivity index (χ0n) is 43.5. The molecule has 0 bridgehead atoms. The molecule has 0 aromatic rings. The third-order valence-corrected chi connectivity index (χ3v) is 15.0. The maximum atomic E-state index is 12.2. The average molecular weight is 1020 g/mol. The summed E-state index contributed by atoms with van der Waals surface area (Å²) < 4.78 is 21.4. The Morgan fingerprint density at radius 3 is 0.540 bits per heavy atom. The number of unbranched alkanes of at least 4 members (excludes halogenated alkanes) is 28. The van der Waals surface area contributed by atoms with E-state index in [0.717, 1.165) is 75.0 Å². The molecule has 0 aliphatic carbocycles. The van der Waals surface area contributed by atoms with Gasteiger partial charge < -0.3 is 27.9 Å². The SMILES string of the molecule is CC(C)CCCCCCCCCCOP([O-])(=S)OCCCCCCCCCCC(C)C.CC(C)CCCCCCCCCCOP([O-])(=S)OCCCCCCCCCCC(C)C.[Zn+2]. The van der Waals surface area contributed by atoms with E-state index < -0.39 is 13.4 Å². The normalized spacial score (nSPS) is 12.2. The van der Waals surface area contributed by atoms with Gasteiger partial charge in [0, 0.05) is 0 Å². The summed E-state index contributed by atoms with van der Waals surface area (Å²) >= 11 is 10.0. The van der Waals surface area contributed by atoms with Crippen molar-refractivity contribution in [3.63, 3.8) is 0 Å². The predicted octanol–water partition coefficient (Wildman–Crippen LogP) is 17.9. The van der Waals surface area contributed by atoms with Gasteiger partial charge in [-0.25, -0.2) is 0 Å². The fraction of sp³-hybridized carbons (Fsp3) is 1.00. The number of rotatable bonds is 48. The molecule has 6 nitrogen and oxygen atoms in total. The summed E-state index contributed by atoms with van der Waals surface area (Å²) in [6.07, 6.45) is 45.5. The second-order valence-electron chi connectivity index (χ2n) is 20.3. The quantitative estimate of drug-likeness (QED) is 0.0339. The number of hydrogen-bond donors (Lipinski definition) is 0. The first-order valence-corrected chi connectivity index (χ1v) is 32.0. The molecule has 0 rings (SSSR count). The van der Waals surface area contributed by atoms with Gasteiger partial charge in [-0.15, -0.1) is 0 Å². The fourth-order valence-electron chi connectivity index (χ4n) is 7.64. The zero-order valence-corrected chi connectivity index (χ0v) is 49.9. The molecule has 0 radical (unpaired) electrons. The third kappa shape index (κ3) is 63.7. The van der Waals surface area contributed by atoms with Crippen molar-refractivity contribution < 1.29 is 47.4 Å². The molecule has 11 heteroatoms. The smallest absolute Gasteiger partial charge is 0.780 e. The van der Waals surface area contributed by atoms with E-state index in [4.69, 9.17) is 41.7 Å². The first kappa shape index (κ1) is 68.9. The van der Waals surface area contributed by atoms with Crippen molar-refractivity contribution >= 4 is 37.1 Å². The van der Waals surface area contributed by atoms with E-state index in [0.29, 0.717) is 26.4 Å². The minimum absolute atomic E-state index is 0. The van der Waals surface area contributed by atoms with E-state index in [1.807, 2.05) is 0 Å². The third-order valence-electron chi connectivity index (χ3n) is 11.7. The van der Waals surface area contributed by atoms with Gasteiger partial charge in [-0.3, -0.25) is 0 Å². The summed E-state index contributed by atoms with van der Waals surface area (Å²) in [4.78, 5) is 24.3. The van der Waals surface area contributed by atoms with Crippen molar-refractivity contribution in [3.8, 4) is 0 Å². The molecule has 0 aromatic heterocycles. The Bertz CT molecular complexity index is 846. The molecule has 0 heterocycles. The monoisotopic (exact) mass is 1020 g/mol. The Labute approximate surface area is 418 Å². The largest absolute Gasteiger partial charge is 2.00 e. The van der Waals surface area contributed by atoms with Crippen LogP contribution >= 0.6 is 13.4 Å². The maximum absolute atomic E-state index is 12.2. The van der Waals surface area contributed by atoms with Crippen LogP contribution in [0.1, 0.15) is 287 Å². The summed E-state index contributed by atoms with van der Waals surface area (Å²) in [5, 5.41) is 0. The van der Waals surface area contributed by atoms with Crippen molar-refractivity contribution in [1.29, 1.82) is 0 Å². The Morgan fingerprint density at radius 1 is 0.270 bits per heavy atom. The zero-order chi connectivity index (χ0) is 46.4. The minimum Gasteiger partial charge on any atom is -0.780 e. The van der Waals surface area contributed by atoms with Crippen molar-refractivity contribution in [2.75, 3.05) is 26.4 Å². The van der Waals surface area contributed by atoms with Gasteiger partial charge in [-0.05, 0) is 49.4 Å². The van der Waals surface area contributed by atoms with E-state index in [2.05, 4.69) is 55.4 Å². The van der Waals surface area contributed by atoms with Crippen LogP contribution < -0.4 is 9.79 Å². The molecular weight excluding hydrogens is 912 g/mol. The van der Waals surface area contributed by atoms with Crippen LogP contribution in [0.5, 0.6) is 0 Å².